The van der Waals surface area contributed by atoms with Gasteiger partial charge in [-0.15, -0.1) is 0 Å². The second-order valence-electron chi connectivity index (χ2n) is 3.94. The minimum Gasteiger partial charge on any atom is -0.292 e. The van der Waals surface area contributed by atoms with E-state index in [1.807, 2.05) is 19.1 Å². The van der Waals surface area contributed by atoms with Crippen LogP contribution in [-0.4, -0.2) is 20.5 Å². The highest BCUT2D eigenvalue weighted by Crippen LogP contribution is 2.17. The van der Waals surface area contributed by atoms with E-state index in [1.54, 1.807) is 17.1 Å². The lowest BCUT2D eigenvalue weighted by Crippen LogP contribution is -2.10. The Kier molecular flexibility index (Phi) is 4.10. The molecule has 0 amide bonds. The second-order valence-corrected chi connectivity index (χ2v) is 4.35. The molecular formula is C13H14ClN3O. The molecule has 5 heteroatoms. The van der Waals surface area contributed by atoms with Crippen molar-refractivity contribution in [2.75, 3.05) is 0 Å². The number of aryl methyl sites for hydroxylation is 2. The van der Waals surface area contributed by atoms with Crippen molar-refractivity contribution in [2.45, 2.75) is 26.3 Å². The Balaban J connectivity index is 2.06. The third-order valence-electron chi connectivity index (χ3n) is 2.72. The van der Waals surface area contributed by atoms with E-state index in [4.69, 9.17) is 11.6 Å². The molecule has 18 heavy (non-hydrogen) atoms. The van der Waals surface area contributed by atoms with Crippen molar-refractivity contribution in [1.82, 2.24) is 14.8 Å². The Morgan fingerprint density at radius 1 is 1.44 bits per heavy atom. The number of halogens is 1. The van der Waals surface area contributed by atoms with E-state index in [2.05, 4.69) is 10.1 Å². The van der Waals surface area contributed by atoms with Gasteiger partial charge in [-0.2, -0.15) is 5.10 Å². The van der Waals surface area contributed by atoms with Crippen LogP contribution >= 0.6 is 11.6 Å². The van der Waals surface area contributed by atoms with Crippen LogP contribution in [0.3, 0.4) is 0 Å². The Morgan fingerprint density at radius 2 is 2.28 bits per heavy atom. The average Bonchev–Trinajstić information content (AvgIpc) is 2.78. The molecule has 0 aromatic carbocycles. The molecular weight excluding hydrogens is 250 g/mol. The van der Waals surface area contributed by atoms with Gasteiger partial charge in [0, 0.05) is 25.4 Å². The number of hydrogen-bond acceptors (Lipinski definition) is 3. The molecule has 0 unspecified atom stereocenters. The van der Waals surface area contributed by atoms with E-state index in [0.29, 0.717) is 30.1 Å². The summed E-state index contributed by atoms with van der Waals surface area (Å²) in [4.78, 5) is 16.1. The Hall–Kier alpha value is -1.68. The summed E-state index contributed by atoms with van der Waals surface area (Å²) in [7, 11) is 0. The smallest absolute Gasteiger partial charge is 0.182 e. The van der Waals surface area contributed by atoms with Crippen molar-refractivity contribution in [3.8, 4) is 0 Å². The van der Waals surface area contributed by atoms with Crippen LogP contribution in [0.25, 0.3) is 0 Å². The molecule has 2 heterocycles. The fourth-order valence-electron chi connectivity index (χ4n) is 1.80. The summed E-state index contributed by atoms with van der Waals surface area (Å²) in [5, 5.41) is 4.49. The average molecular weight is 264 g/mol. The third kappa shape index (κ3) is 2.76. The minimum atomic E-state index is 0.0169. The Bertz CT molecular complexity index is 536. The topological polar surface area (TPSA) is 47.8 Å². The van der Waals surface area contributed by atoms with E-state index in [1.165, 1.54) is 6.20 Å². The van der Waals surface area contributed by atoms with Crippen LogP contribution in [0.15, 0.2) is 30.7 Å². The van der Waals surface area contributed by atoms with E-state index in [9.17, 15) is 4.79 Å². The first-order chi connectivity index (χ1) is 8.72. The van der Waals surface area contributed by atoms with Gasteiger partial charge in [0.1, 0.15) is 5.69 Å². The number of pyridine rings is 1. The number of hydrogen-bond donors (Lipinski definition) is 0. The zero-order valence-electron chi connectivity index (χ0n) is 10.1. The van der Waals surface area contributed by atoms with E-state index >= 15 is 0 Å². The van der Waals surface area contributed by atoms with Gasteiger partial charge < -0.3 is 0 Å². The number of nitrogens with zero attached hydrogens (tertiary/aromatic N) is 3. The minimum absolute atomic E-state index is 0.0169. The largest absolute Gasteiger partial charge is 0.292 e. The molecule has 0 spiro atoms. The number of rotatable bonds is 5. The number of Topliss-reactive ketones (excluding diaryl/α,β-unsaturated/α-hetero) is 1. The normalized spacial score (nSPS) is 10.6. The van der Waals surface area contributed by atoms with Crippen molar-refractivity contribution < 1.29 is 4.79 Å². The molecule has 2 aromatic rings. The van der Waals surface area contributed by atoms with Crippen LogP contribution in [0.1, 0.15) is 29.4 Å². The monoisotopic (exact) mass is 263 g/mol. The summed E-state index contributed by atoms with van der Waals surface area (Å²) < 4.78 is 1.63. The van der Waals surface area contributed by atoms with Crippen molar-refractivity contribution in [3.05, 3.63) is 47.0 Å². The van der Waals surface area contributed by atoms with E-state index in [-0.39, 0.29) is 5.78 Å². The summed E-state index contributed by atoms with van der Waals surface area (Å²) in [6.07, 6.45) is 6.08. The maximum absolute atomic E-state index is 12.1. The van der Waals surface area contributed by atoms with Crippen LogP contribution in [0, 0.1) is 0 Å². The molecule has 4 nitrogen and oxygen atoms in total. The van der Waals surface area contributed by atoms with Gasteiger partial charge in [-0.1, -0.05) is 17.7 Å². The van der Waals surface area contributed by atoms with Gasteiger partial charge in [-0.05, 0) is 25.0 Å². The zero-order valence-corrected chi connectivity index (χ0v) is 10.9. The van der Waals surface area contributed by atoms with Gasteiger partial charge in [0.25, 0.3) is 0 Å². The first-order valence-corrected chi connectivity index (χ1v) is 6.23. The lowest BCUT2D eigenvalue weighted by Gasteiger charge is -2.04. The van der Waals surface area contributed by atoms with Crippen molar-refractivity contribution >= 4 is 17.4 Å². The lowest BCUT2D eigenvalue weighted by atomic mass is 10.1. The molecule has 0 aliphatic heterocycles. The molecule has 0 N–H and O–H groups in total. The summed E-state index contributed by atoms with van der Waals surface area (Å²) in [5.74, 6) is 0.0169. The predicted molar refractivity (Wildman–Crippen MR) is 69.8 cm³/mol. The standard InChI is InChI=1S/C13H14ClN3O/c1-2-17-13(11(14)9-16-17)12(18)6-5-10-4-3-7-15-8-10/h3-4,7-9H,2,5-6H2,1H3. The molecule has 0 bridgehead atoms. The van der Waals surface area contributed by atoms with Gasteiger partial charge in [-0.25, -0.2) is 0 Å². The van der Waals surface area contributed by atoms with Crippen LogP contribution < -0.4 is 0 Å². The van der Waals surface area contributed by atoms with Crippen molar-refractivity contribution in [1.29, 1.82) is 0 Å². The van der Waals surface area contributed by atoms with Crippen LogP contribution in [-0.2, 0) is 13.0 Å². The highest BCUT2D eigenvalue weighted by atomic mass is 35.5. The SMILES string of the molecule is CCn1ncc(Cl)c1C(=O)CCc1cccnc1. The fourth-order valence-corrected chi connectivity index (χ4v) is 2.05. The second kappa shape index (κ2) is 5.78. The summed E-state index contributed by atoms with van der Waals surface area (Å²) >= 11 is 5.98. The highest BCUT2D eigenvalue weighted by Gasteiger charge is 2.16. The Morgan fingerprint density at radius 3 is 2.94 bits per heavy atom. The van der Waals surface area contributed by atoms with Crippen LogP contribution in [0.5, 0.6) is 0 Å². The van der Waals surface area contributed by atoms with E-state index < -0.39 is 0 Å². The molecule has 94 valence electrons. The van der Waals surface area contributed by atoms with Crippen LogP contribution in [0.4, 0.5) is 0 Å². The number of carbonyl (C=O) groups is 1. The first kappa shape index (κ1) is 12.8. The van der Waals surface area contributed by atoms with Gasteiger partial charge in [-0.3, -0.25) is 14.5 Å². The lowest BCUT2D eigenvalue weighted by molar-refractivity contribution is 0.0972. The number of aromatic nitrogens is 3. The van der Waals surface area contributed by atoms with Gasteiger partial charge >= 0.3 is 0 Å². The zero-order chi connectivity index (χ0) is 13.0. The van der Waals surface area contributed by atoms with Gasteiger partial charge in [0.05, 0.1) is 11.2 Å². The molecule has 0 atom stereocenters. The molecule has 2 aromatic heterocycles. The van der Waals surface area contributed by atoms with Crippen molar-refractivity contribution in [3.63, 3.8) is 0 Å². The quantitative estimate of drug-likeness (QED) is 0.780. The summed E-state index contributed by atoms with van der Waals surface area (Å²) in [6.45, 7) is 2.57. The molecule has 0 radical (unpaired) electrons. The maximum atomic E-state index is 12.1. The highest BCUT2D eigenvalue weighted by molar-refractivity contribution is 6.33. The molecule has 0 aliphatic carbocycles. The predicted octanol–water partition coefficient (Wildman–Crippen LogP) is 2.77. The summed E-state index contributed by atoms with van der Waals surface area (Å²) in [5.41, 5.74) is 1.55. The van der Waals surface area contributed by atoms with Crippen molar-refractivity contribution in [2.24, 2.45) is 0 Å². The molecule has 0 saturated heterocycles. The fraction of sp³-hybridized carbons (Fsp3) is 0.308. The first-order valence-electron chi connectivity index (χ1n) is 5.85. The number of ketones is 1. The van der Waals surface area contributed by atoms with Crippen LogP contribution in [0.2, 0.25) is 5.02 Å². The molecule has 0 aliphatic rings. The molecule has 0 saturated carbocycles. The maximum Gasteiger partial charge on any atom is 0.182 e. The third-order valence-corrected chi connectivity index (χ3v) is 3.00. The summed E-state index contributed by atoms with van der Waals surface area (Å²) in [6, 6.07) is 3.82. The van der Waals surface area contributed by atoms with E-state index in [0.717, 1.165) is 5.56 Å². The molecule has 0 fully saturated rings. The molecule has 2 rings (SSSR count). The Labute approximate surface area is 111 Å². The van der Waals surface area contributed by atoms with Gasteiger partial charge in [0.15, 0.2) is 5.78 Å². The van der Waals surface area contributed by atoms with Gasteiger partial charge in [0.2, 0.25) is 0 Å². The number of carbonyl (C=O) groups excluding carboxylic acids is 1.